The number of methoxy groups -OCH3 is 3. The third-order valence-corrected chi connectivity index (χ3v) is 4.01. The number of carbonyl (C=O) groups is 2. The molecule has 0 aromatic heterocycles. The monoisotopic (exact) mass is 389 g/mol. The summed E-state index contributed by atoms with van der Waals surface area (Å²) in [5.41, 5.74) is 0.756. The van der Waals surface area contributed by atoms with Gasteiger partial charge in [0, 0.05) is 12.6 Å². The first-order valence-corrected chi connectivity index (χ1v) is 8.46. The minimum atomic E-state index is -1.16. The summed E-state index contributed by atoms with van der Waals surface area (Å²) in [5, 5.41) is 12.0. The van der Waals surface area contributed by atoms with E-state index in [1.807, 2.05) is 0 Å². The first-order valence-electron chi connectivity index (χ1n) is 8.46. The van der Waals surface area contributed by atoms with Gasteiger partial charge in [0.2, 0.25) is 0 Å². The Balaban J connectivity index is 2.05. The lowest BCUT2D eigenvalue weighted by Crippen LogP contribution is -2.36. The fourth-order valence-corrected chi connectivity index (χ4v) is 2.47. The van der Waals surface area contributed by atoms with Crippen molar-refractivity contribution in [1.29, 1.82) is 0 Å². The van der Waals surface area contributed by atoms with Crippen molar-refractivity contribution in [3.63, 3.8) is 0 Å². The predicted molar refractivity (Wildman–Crippen MR) is 101 cm³/mol. The first-order chi connectivity index (χ1) is 13.4. The highest BCUT2D eigenvalue weighted by Crippen LogP contribution is 2.28. The zero-order valence-corrected chi connectivity index (χ0v) is 16.1. The van der Waals surface area contributed by atoms with E-state index in [2.05, 4.69) is 5.32 Å². The molecule has 8 nitrogen and oxygen atoms in total. The summed E-state index contributed by atoms with van der Waals surface area (Å²) in [7, 11) is 4.53. The van der Waals surface area contributed by atoms with Crippen LogP contribution in [0.1, 0.15) is 22.8 Å². The maximum Gasteiger partial charge on any atom is 0.339 e. The molecule has 0 aliphatic carbocycles. The summed E-state index contributed by atoms with van der Waals surface area (Å²) in [6.07, 6.45) is -0.912. The topological polar surface area (TPSA) is 103 Å². The van der Waals surface area contributed by atoms with Crippen LogP contribution in [-0.2, 0) is 11.3 Å². The molecule has 28 heavy (non-hydrogen) atoms. The van der Waals surface area contributed by atoms with Gasteiger partial charge >= 0.3 is 5.97 Å². The molecule has 0 heterocycles. The molecule has 0 bridgehead atoms. The Morgan fingerprint density at radius 2 is 1.68 bits per heavy atom. The van der Waals surface area contributed by atoms with Gasteiger partial charge in [0.1, 0.15) is 17.1 Å². The fourth-order valence-electron chi connectivity index (χ4n) is 2.47. The summed E-state index contributed by atoms with van der Waals surface area (Å²) in [5.74, 6) is 0.0811. The van der Waals surface area contributed by atoms with Crippen molar-refractivity contribution in [2.75, 3.05) is 21.3 Å². The second-order valence-electron chi connectivity index (χ2n) is 5.83. The van der Waals surface area contributed by atoms with Gasteiger partial charge in [-0.2, -0.15) is 0 Å². The summed E-state index contributed by atoms with van der Waals surface area (Å²) < 4.78 is 21.1. The highest BCUT2D eigenvalue weighted by molar-refractivity contribution is 5.91. The third kappa shape index (κ3) is 5.06. The number of nitrogens with one attached hydrogen (secondary N) is 1. The Morgan fingerprint density at radius 1 is 0.964 bits per heavy atom. The normalized spacial score (nSPS) is 11.3. The number of carboxylic acids is 1. The third-order valence-electron chi connectivity index (χ3n) is 4.01. The van der Waals surface area contributed by atoms with Crippen LogP contribution in [0.4, 0.5) is 0 Å². The Labute approximate surface area is 163 Å². The van der Waals surface area contributed by atoms with Crippen molar-refractivity contribution in [3.8, 4) is 23.0 Å². The Morgan fingerprint density at radius 3 is 2.29 bits per heavy atom. The summed E-state index contributed by atoms with van der Waals surface area (Å²) in [6.45, 7) is 1.78. The molecule has 0 fully saturated rings. The van der Waals surface area contributed by atoms with E-state index in [0.29, 0.717) is 17.2 Å². The minimum absolute atomic E-state index is 0.0552. The van der Waals surface area contributed by atoms with E-state index in [-0.39, 0.29) is 17.9 Å². The van der Waals surface area contributed by atoms with Crippen LogP contribution in [0.15, 0.2) is 36.4 Å². The Hall–Kier alpha value is -3.42. The molecular weight excluding hydrogens is 366 g/mol. The summed E-state index contributed by atoms with van der Waals surface area (Å²) >= 11 is 0. The average molecular weight is 389 g/mol. The van der Waals surface area contributed by atoms with Gasteiger partial charge in [-0.05, 0) is 36.8 Å². The number of rotatable bonds is 9. The average Bonchev–Trinajstić information content (AvgIpc) is 2.71. The van der Waals surface area contributed by atoms with Crippen molar-refractivity contribution in [2.24, 2.45) is 0 Å². The lowest BCUT2D eigenvalue weighted by Gasteiger charge is -2.17. The van der Waals surface area contributed by atoms with E-state index in [0.717, 1.165) is 5.56 Å². The number of carboxylic acid groups (broad SMARTS) is 1. The number of hydrogen-bond acceptors (Lipinski definition) is 6. The number of carbonyl (C=O) groups excluding carboxylic acids is 1. The van der Waals surface area contributed by atoms with Gasteiger partial charge < -0.3 is 29.4 Å². The lowest BCUT2D eigenvalue weighted by molar-refractivity contribution is -0.127. The van der Waals surface area contributed by atoms with Crippen molar-refractivity contribution in [2.45, 2.75) is 19.6 Å². The van der Waals surface area contributed by atoms with Crippen LogP contribution in [0, 0.1) is 0 Å². The summed E-state index contributed by atoms with van der Waals surface area (Å²) in [4.78, 5) is 23.7. The molecule has 2 aromatic carbocycles. The number of aromatic carboxylic acids is 1. The highest BCUT2D eigenvalue weighted by atomic mass is 16.5. The zero-order chi connectivity index (χ0) is 20.7. The van der Waals surface area contributed by atoms with E-state index in [4.69, 9.17) is 18.9 Å². The molecule has 0 aliphatic heterocycles. The molecule has 2 N–H and O–H groups in total. The van der Waals surface area contributed by atoms with Crippen LogP contribution < -0.4 is 24.3 Å². The maximum absolute atomic E-state index is 12.4. The molecule has 2 rings (SSSR count). The van der Waals surface area contributed by atoms with E-state index in [9.17, 15) is 14.7 Å². The van der Waals surface area contributed by atoms with Crippen LogP contribution in [-0.4, -0.2) is 44.4 Å². The molecule has 1 amide bonds. The van der Waals surface area contributed by atoms with Gasteiger partial charge in [0.05, 0.1) is 21.3 Å². The highest BCUT2D eigenvalue weighted by Gasteiger charge is 2.19. The molecule has 0 saturated carbocycles. The molecule has 0 spiro atoms. The molecule has 1 atom stereocenters. The molecule has 8 heteroatoms. The molecule has 0 saturated heterocycles. The van der Waals surface area contributed by atoms with Crippen LogP contribution in [0.25, 0.3) is 0 Å². The molecule has 150 valence electrons. The van der Waals surface area contributed by atoms with Gasteiger partial charge in [0.15, 0.2) is 17.6 Å². The maximum atomic E-state index is 12.4. The van der Waals surface area contributed by atoms with Gasteiger partial charge in [-0.15, -0.1) is 0 Å². The molecule has 2 aromatic rings. The van der Waals surface area contributed by atoms with Crippen molar-refractivity contribution in [3.05, 3.63) is 47.5 Å². The van der Waals surface area contributed by atoms with Crippen LogP contribution in [0.3, 0.4) is 0 Å². The van der Waals surface area contributed by atoms with Crippen molar-refractivity contribution >= 4 is 11.9 Å². The second kappa shape index (κ2) is 9.50. The SMILES string of the molecule is COc1ccc(C(=O)O)c(O[C@H](C)C(=O)NCc2ccc(OC)c(OC)c2)c1. The van der Waals surface area contributed by atoms with Crippen molar-refractivity contribution in [1.82, 2.24) is 5.32 Å². The van der Waals surface area contributed by atoms with Gasteiger partial charge in [0.25, 0.3) is 5.91 Å². The molecular formula is C20H23NO7. The fraction of sp³-hybridized carbons (Fsp3) is 0.300. The standard InChI is InChI=1S/C20H23NO7/c1-12(28-17-10-14(25-2)6-7-15(17)20(23)24)19(22)21-11-13-5-8-16(26-3)18(9-13)27-4/h5-10,12H,11H2,1-4H3,(H,21,22)(H,23,24)/t12-/m1/s1. The van der Waals surface area contributed by atoms with Crippen molar-refractivity contribution < 1.29 is 33.6 Å². The zero-order valence-electron chi connectivity index (χ0n) is 16.1. The molecule has 0 radical (unpaired) electrons. The first kappa shape index (κ1) is 20.9. The number of hydrogen-bond donors (Lipinski definition) is 2. The molecule has 0 unspecified atom stereocenters. The Bertz CT molecular complexity index is 850. The predicted octanol–water partition coefficient (Wildman–Crippen LogP) is 2.49. The van der Waals surface area contributed by atoms with Crippen LogP contribution >= 0.6 is 0 Å². The smallest absolute Gasteiger partial charge is 0.339 e. The van der Waals surface area contributed by atoms with E-state index in [1.54, 1.807) is 25.3 Å². The number of benzene rings is 2. The summed E-state index contributed by atoms with van der Waals surface area (Å²) in [6, 6.07) is 9.62. The van der Waals surface area contributed by atoms with Gasteiger partial charge in [-0.25, -0.2) is 4.79 Å². The van der Waals surface area contributed by atoms with Gasteiger partial charge in [-0.3, -0.25) is 4.79 Å². The Kier molecular flexibility index (Phi) is 7.08. The van der Waals surface area contributed by atoms with E-state index >= 15 is 0 Å². The second-order valence-corrected chi connectivity index (χ2v) is 5.83. The van der Waals surface area contributed by atoms with Gasteiger partial charge in [-0.1, -0.05) is 6.07 Å². The number of ether oxygens (including phenoxy) is 4. The molecule has 0 aliphatic rings. The van der Waals surface area contributed by atoms with Crippen LogP contribution in [0.5, 0.6) is 23.0 Å². The number of amides is 1. The van der Waals surface area contributed by atoms with E-state index in [1.165, 1.54) is 39.3 Å². The lowest BCUT2D eigenvalue weighted by atomic mass is 10.2. The van der Waals surface area contributed by atoms with E-state index < -0.39 is 18.0 Å². The van der Waals surface area contributed by atoms with Crippen LogP contribution in [0.2, 0.25) is 0 Å². The minimum Gasteiger partial charge on any atom is -0.497 e. The largest absolute Gasteiger partial charge is 0.497 e. The quantitative estimate of drug-likeness (QED) is 0.679.